The third kappa shape index (κ3) is 4.43. The van der Waals surface area contributed by atoms with E-state index in [1.165, 1.54) is 0 Å². The molecule has 0 fully saturated rings. The number of hydrogen-bond donors (Lipinski definition) is 1. The van der Waals surface area contributed by atoms with Gasteiger partial charge in [0.25, 0.3) is 0 Å². The van der Waals surface area contributed by atoms with Crippen LogP contribution in [0.5, 0.6) is 5.75 Å². The van der Waals surface area contributed by atoms with Crippen LogP contribution in [0.3, 0.4) is 0 Å². The Bertz CT molecular complexity index is 904. The molecule has 6 heteroatoms. The highest BCUT2D eigenvalue weighted by Gasteiger charge is 2.11. The number of aryl methyl sites for hydroxylation is 2. The Labute approximate surface area is 157 Å². The van der Waals surface area contributed by atoms with Gasteiger partial charge < -0.3 is 14.5 Å². The second-order valence-electron chi connectivity index (χ2n) is 5.88. The highest BCUT2D eigenvalue weighted by molar-refractivity contribution is 6.30. The molecule has 0 spiro atoms. The lowest BCUT2D eigenvalue weighted by Gasteiger charge is -2.10. The van der Waals surface area contributed by atoms with Crippen LogP contribution in [-0.2, 0) is 11.2 Å². The van der Waals surface area contributed by atoms with E-state index in [4.69, 9.17) is 20.8 Å². The SMILES string of the molecule is COc1ccc(C)cc1NC(=O)CCc1ncc(-c2ccc(Cl)cc2)o1. The molecular formula is C20H19ClN2O3. The van der Waals surface area contributed by atoms with E-state index in [1.807, 2.05) is 37.3 Å². The summed E-state index contributed by atoms with van der Waals surface area (Å²) in [4.78, 5) is 16.5. The predicted octanol–water partition coefficient (Wildman–Crippen LogP) is 4.88. The highest BCUT2D eigenvalue weighted by atomic mass is 35.5. The van der Waals surface area contributed by atoms with Gasteiger partial charge in [-0.2, -0.15) is 0 Å². The summed E-state index contributed by atoms with van der Waals surface area (Å²) in [5.41, 5.74) is 2.59. The number of oxazole rings is 1. The zero-order chi connectivity index (χ0) is 18.5. The van der Waals surface area contributed by atoms with Crippen molar-refractivity contribution >= 4 is 23.2 Å². The Hall–Kier alpha value is -2.79. The number of methoxy groups -OCH3 is 1. The molecule has 2 aromatic carbocycles. The molecule has 0 unspecified atom stereocenters. The molecule has 1 amide bonds. The number of hydrogen-bond acceptors (Lipinski definition) is 4. The first kappa shape index (κ1) is 18.0. The van der Waals surface area contributed by atoms with Gasteiger partial charge in [0.05, 0.1) is 19.0 Å². The molecule has 0 aliphatic carbocycles. The van der Waals surface area contributed by atoms with Crippen LogP contribution in [0.15, 0.2) is 53.1 Å². The molecule has 3 aromatic rings. The monoisotopic (exact) mass is 370 g/mol. The maximum absolute atomic E-state index is 12.2. The van der Waals surface area contributed by atoms with Crippen LogP contribution in [0.1, 0.15) is 17.9 Å². The van der Waals surface area contributed by atoms with Crippen LogP contribution in [0.4, 0.5) is 5.69 Å². The van der Waals surface area contributed by atoms with Gasteiger partial charge in [0.2, 0.25) is 5.91 Å². The average molecular weight is 371 g/mol. The van der Waals surface area contributed by atoms with Gasteiger partial charge in [-0.05, 0) is 48.9 Å². The molecule has 134 valence electrons. The number of ether oxygens (including phenoxy) is 1. The fourth-order valence-corrected chi connectivity index (χ4v) is 2.65. The Kier molecular flexibility index (Phi) is 5.58. The first-order valence-corrected chi connectivity index (χ1v) is 8.58. The quantitative estimate of drug-likeness (QED) is 0.671. The smallest absolute Gasteiger partial charge is 0.224 e. The summed E-state index contributed by atoms with van der Waals surface area (Å²) in [6.45, 7) is 1.96. The van der Waals surface area contributed by atoms with Crippen molar-refractivity contribution in [1.82, 2.24) is 4.98 Å². The minimum atomic E-state index is -0.125. The first-order chi connectivity index (χ1) is 12.5. The summed E-state index contributed by atoms with van der Waals surface area (Å²) < 4.78 is 11.0. The summed E-state index contributed by atoms with van der Waals surface area (Å²) >= 11 is 5.89. The van der Waals surface area contributed by atoms with Gasteiger partial charge in [0.1, 0.15) is 5.75 Å². The van der Waals surface area contributed by atoms with E-state index in [-0.39, 0.29) is 12.3 Å². The number of anilines is 1. The van der Waals surface area contributed by atoms with Gasteiger partial charge in [0, 0.05) is 23.4 Å². The third-order valence-electron chi connectivity index (χ3n) is 3.88. The maximum Gasteiger partial charge on any atom is 0.224 e. The summed E-state index contributed by atoms with van der Waals surface area (Å²) in [5.74, 6) is 1.67. The number of amides is 1. The van der Waals surface area contributed by atoms with Crippen LogP contribution in [0.25, 0.3) is 11.3 Å². The summed E-state index contributed by atoms with van der Waals surface area (Å²) in [7, 11) is 1.57. The van der Waals surface area contributed by atoms with E-state index in [0.717, 1.165) is 11.1 Å². The van der Waals surface area contributed by atoms with E-state index in [1.54, 1.807) is 25.4 Å². The van der Waals surface area contributed by atoms with Crippen molar-refractivity contribution in [3.05, 3.63) is 65.1 Å². The molecular weight excluding hydrogens is 352 g/mol. The topological polar surface area (TPSA) is 64.4 Å². The van der Waals surface area contributed by atoms with Crippen molar-refractivity contribution in [2.45, 2.75) is 19.8 Å². The van der Waals surface area contributed by atoms with E-state index in [0.29, 0.717) is 34.5 Å². The molecule has 3 rings (SSSR count). The number of nitrogens with zero attached hydrogens (tertiary/aromatic N) is 1. The Morgan fingerprint density at radius 2 is 2.00 bits per heavy atom. The van der Waals surface area contributed by atoms with Crippen LogP contribution >= 0.6 is 11.6 Å². The van der Waals surface area contributed by atoms with Crippen molar-refractivity contribution < 1.29 is 13.9 Å². The number of benzene rings is 2. The second-order valence-corrected chi connectivity index (χ2v) is 6.31. The molecule has 0 aliphatic heterocycles. The fourth-order valence-electron chi connectivity index (χ4n) is 2.53. The van der Waals surface area contributed by atoms with Crippen molar-refractivity contribution in [1.29, 1.82) is 0 Å². The zero-order valence-electron chi connectivity index (χ0n) is 14.6. The minimum Gasteiger partial charge on any atom is -0.495 e. The number of aromatic nitrogens is 1. The van der Waals surface area contributed by atoms with E-state index < -0.39 is 0 Å². The Balaban J connectivity index is 1.60. The van der Waals surface area contributed by atoms with Gasteiger partial charge in [-0.15, -0.1) is 0 Å². The number of rotatable bonds is 6. The van der Waals surface area contributed by atoms with Gasteiger partial charge in [0.15, 0.2) is 11.7 Å². The molecule has 0 radical (unpaired) electrons. The molecule has 1 aromatic heterocycles. The molecule has 1 heterocycles. The summed E-state index contributed by atoms with van der Waals surface area (Å²) in [6.07, 6.45) is 2.32. The fraction of sp³-hybridized carbons (Fsp3) is 0.200. The molecule has 0 bridgehead atoms. The average Bonchev–Trinajstić information content (AvgIpc) is 3.10. The van der Waals surface area contributed by atoms with Crippen LogP contribution < -0.4 is 10.1 Å². The van der Waals surface area contributed by atoms with Crippen LogP contribution in [0, 0.1) is 6.92 Å². The zero-order valence-corrected chi connectivity index (χ0v) is 15.3. The lowest BCUT2D eigenvalue weighted by Crippen LogP contribution is -2.13. The van der Waals surface area contributed by atoms with Gasteiger partial charge in [-0.25, -0.2) is 4.98 Å². The molecule has 0 saturated carbocycles. The lowest BCUT2D eigenvalue weighted by atomic mass is 10.2. The number of halogens is 1. The Morgan fingerprint density at radius 1 is 1.23 bits per heavy atom. The molecule has 0 saturated heterocycles. The van der Waals surface area contributed by atoms with Crippen molar-refractivity contribution in [2.24, 2.45) is 0 Å². The van der Waals surface area contributed by atoms with E-state index in [9.17, 15) is 4.79 Å². The minimum absolute atomic E-state index is 0.125. The van der Waals surface area contributed by atoms with Crippen molar-refractivity contribution in [3.8, 4) is 17.1 Å². The normalized spacial score (nSPS) is 10.6. The third-order valence-corrected chi connectivity index (χ3v) is 4.13. The molecule has 0 atom stereocenters. The van der Waals surface area contributed by atoms with Crippen LogP contribution in [-0.4, -0.2) is 18.0 Å². The van der Waals surface area contributed by atoms with Crippen LogP contribution in [0.2, 0.25) is 5.02 Å². The van der Waals surface area contributed by atoms with Crippen molar-refractivity contribution in [2.75, 3.05) is 12.4 Å². The lowest BCUT2D eigenvalue weighted by molar-refractivity contribution is -0.116. The predicted molar refractivity (Wildman–Crippen MR) is 102 cm³/mol. The van der Waals surface area contributed by atoms with Gasteiger partial charge in [-0.3, -0.25) is 4.79 Å². The molecule has 1 N–H and O–H groups in total. The number of carbonyl (C=O) groups is 1. The van der Waals surface area contributed by atoms with E-state index >= 15 is 0 Å². The molecule has 5 nitrogen and oxygen atoms in total. The summed E-state index contributed by atoms with van der Waals surface area (Å²) in [6, 6.07) is 13.0. The van der Waals surface area contributed by atoms with E-state index in [2.05, 4.69) is 10.3 Å². The largest absolute Gasteiger partial charge is 0.495 e. The highest BCUT2D eigenvalue weighted by Crippen LogP contribution is 2.26. The molecule has 26 heavy (non-hydrogen) atoms. The first-order valence-electron chi connectivity index (χ1n) is 8.20. The van der Waals surface area contributed by atoms with Gasteiger partial charge in [-0.1, -0.05) is 17.7 Å². The second kappa shape index (κ2) is 8.06. The van der Waals surface area contributed by atoms with Crippen molar-refractivity contribution in [3.63, 3.8) is 0 Å². The summed E-state index contributed by atoms with van der Waals surface area (Å²) in [5, 5.41) is 3.53. The Morgan fingerprint density at radius 3 is 2.73 bits per heavy atom. The number of carbonyl (C=O) groups excluding carboxylic acids is 1. The maximum atomic E-state index is 12.2. The standard InChI is InChI=1S/C20H19ClN2O3/c1-13-3-8-17(25-2)16(11-13)23-19(24)9-10-20-22-12-18(26-20)14-4-6-15(21)7-5-14/h3-8,11-12H,9-10H2,1-2H3,(H,23,24). The number of nitrogens with one attached hydrogen (secondary N) is 1. The molecule has 0 aliphatic rings. The van der Waals surface area contributed by atoms with Gasteiger partial charge >= 0.3 is 0 Å².